The summed E-state index contributed by atoms with van der Waals surface area (Å²) in [5, 5.41) is 18.6. The first-order valence-electron chi connectivity index (χ1n) is 6.20. The highest BCUT2D eigenvalue weighted by Crippen LogP contribution is 2.30. The van der Waals surface area contributed by atoms with Crippen LogP contribution in [0.25, 0.3) is 0 Å². The first-order chi connectivity index (χ1) is 9.40. The first-order valence-corrected chi connectivity index (χ1v) is 8.02. The topological polar surface area (TPSA) is 81.4 Å². The molecule has 0 radical (unpaired) electrons. The quantitative estimate of drug-likeness (QED) is 0.915. The Balaban J connectivity index is 2.40. The van der Waals surface area contributed by atoms with Crippen LogP contribution in [-0.4, -0.2) is 37.5 Å². The van der Waals surface area contributed by atoms with E-state index in [9.17, 15) is 13.5 Å². The maximum absolute atomic E-state index is 12.6. The molecule has 1 N–H and O–H groups in total. The molecule has 7 heteroatoms. The first kappa shape index (κ1) is 15.3. The van der Waals surface area contributed by atoms with Crippen molar-refractivity contribution in [3.63, 3.8) is 0 Å². The largest absolute Gasteiger partial charge is 0.396 e. The lowest BCUT2D eigenvalue weighted by Crippen LogP contribution is -2.30. The summed E-state index contributed by atoms with van der Waals surface area (Å²) in [7, 11) is -3.73. The fourth-order valence-electron chi connectivity index (χ4n) is 2.37. The van der Waals surface area contributed by atoms with E-state index in [1.807, 2.05) is 13.0 Å². The minimum Gasteiger partial charge on any atom is -0.396 e. The zero-order valence-electron chi connectivity index (χ0n) is 11.0. The standard InChI is InChI=1S/C13H15ClN2O3S/c1-9-6-16(7-11(9)8-17)20(18,19)13-3-2-12(14)4-10(13)5-15/h2-4,9,11,17H,6-8H2,1H3/t9-,11+/m1/s1. The molecule has 1 aliphatic heterocycles. The lowest BCUT2D eigenvalue weighted by atomic mass is 10.00. The minimum absolute atomic E-state index is 0.0322. The maximum Gasteiger partial charge on any atom is 0.244 e. The predicted octanol–water partition coefficient (Wildman–Crippen LogP) is 1.46. The Morgan fingerprint density at radius 3 is 2.75 bits per heavy atom. The molecule has 1 aromatic rings. The Kier molecular flexibility index (Phi) is 4.35. The van der Waals surface area contributed by atoms with Crippen LogP contribution in [0.5, 0.6) is 0 Å². The lowest BCUT2D eigenvalue weighted by molar-refractivity contribution is 0.210. The molecule has 0 spiro atoms. The van der Waals surface area contributed by atoms with E-state index in [0.29, 0.717) is 11.6 Å². The van der Waals surface area contributed by atoms with Crippen LogP contribution in [0.15, 0.2) is 23.1 Å². The number of halogens is 1. The van der Waals surface area contributed by atoms with Crippen molar-refractivity contribution in [2.45, 2.75) is 11.8 Å². The van der Waals surface area contributed by atoms with Crippen LogP contribution in [0.3, 0.4) is 0 Å². The smallest absolute Gasteiger partial charge is 0.244 e. The van der Waals surface area contributed by atoms with E-state index in [0.717, 1.165) is 0 Å². The number of rotatable bonds is 3. The molecule has 0 bridgehead atoms. The molecular formula is C13H15ClN2O3S. The van der Waals surface area contributed by atoms with E-state index in [1.54, 1.807) is 0 Å². The summed E-state index contributed by atoms with van der Waals surface area (Å²) in [6.07, 6.45) is 0. The van der Waals surface area contributed by atoms with Crippen molar-refractivity contribution < 1.29 is 13.5 Å². The molecule has 0 saturated carbocycles. The Hall–Kier alpha value is -1.13. The second-order valence-corrected chi connectivity index (χ2v) is 7.34. The Morgan fingerprint density at radius 1 is 1.50 bits per heavy atom. The molecule has 108 valence electrons. The molecule has 0 aromatic heterocycles. The average molecular weight is 315 g/mol. The lowest BCUT2D eigenvalue weighted by Gasteiger charge is -2.17. The number of hydrogen-bond donors (Lipinski definition) is 1. The Labute approximate surface area is 123 Å². The summed E-state index contributed by atoms with van der Waals surface area (Å²) in [4.78, 5) is -0.0322. The molecule has 0 unspecified atom stereocenters. The van der Waals surface area contributed by atoms with Gasteiger partial charge >= 0.3 is 0 Å². The number of hydrogen-bond acceptors (Lipinski definition) is 4. The molecule has 1 aromatic carbocycles. The number of aliphatic hydroxyl groups is 1. The van der Waals surface area contributed by atoms with Crippen molar-refractivity contribution in [2.24, 2.45) is 11.8 Å². The molecule has 0 amide bonds. The van der Waals surface area contributed by atoms with Crippen LogP contribution in [0, 0.1) is 23.2 Å². The third-order valence-electron chi connectivity index (χ3n) is 3.65. The van der Waals surface area contributed by atoms with Crippen molar-refractivity contribution in [3.05, 3.63) is 28.8 Å². The van der Waals surface area contributed by atoms with Gasteiger partial charge < -0.3 is 5.11 Å². The zero-order valence-corrected chi connectivity index (χ0v) is 12.5. The van der Waals surface area contributed by atoms with E-state index in [2.05, 4.69) is 0 Å². The number of benzene rings is 1. The zero-order chi connectivity index (χ0) is 14.9. The summed E-state index contributed by atoms with van der Waals surface area (Å²) < 4.78 is 26.5. The van der Waals surface area contributed by atoms with Crippen LogP contribution in [0.4, 0.5) is 0 Å². The number of sulfonamides is 1. The van der Waals surface area contributed by atoms with Gasteiger partial charge in [-0.3, -0.25) is 0 Å². The molecule has 0 aliphatic carbocycles. The average Bonchev–Trinajstić information content (AvgIpc) is 2.80. The van der Waals surface area contributed by atoms with Crippen molar-refractivity contribution in [3.8, 4) is 6.07 Å². The summed E-state index contributed by atoms with van der Waals surface area (Å²) in [5.41, 5.74) is 0.0394. The molecule has 2 rings (SSSR count). The van der Waals surface area contributed by atoms with E-state index < -0.39 is 10.0 Å². The fraction of sp³-hybridized carbons (Fsp3) is 0.462. The van der Waals surface area contributed by atoms with Crippen LogP contribution in [0.2, 0.25) is 5.02 Å². The number of aliphatic hydroxyl groups excluding tert-OH is 1. The number of nitrogens with zero attached hydrogens (tertiary/aromatic N) is 2. The van der Waals surface area contributed by atoms with Crippen LogP contribution >= 0.6 is 11.6 Å². The monoisotopic (exact) mass is 314 g/mol. The van der Waals surface area contributed by atoms with Crippen molar-refractivity contribution in [1.82, 2.24) is 4.31 Å². The van der Waals surface area contributed by atoms with E-state index in [1.165, 1.54) is 22.5 Å². The van der Waals surface area contributed by atoms with Gasteiger partial charge in [-0.2, -0.15) is 9.57 Å². The Bertz CT molecular complexity index is 654. The number of nitriles is 1. The fourth-order valence-corrected chi connectivity index (χ4v) is 4.27. The third kappa shape index (κ3) is 2.67. The summed E-state index contributed by atoms with van der Waals surface area (Å²) in [5.74, 6) is 0.0234. The minimum atomic E-state index is -3.73. The summed E-state index contributed by atoms with van der Waals surface area (Å²) in [6.45, 7) is 2.48. The molecule has 1 heterocycles. The second-order valence-electron chi connectivity index (χ2n) is 4.99. The molecule has 1 saturated heterocycles. The van der Waals surface area contributed by atoms with Crippen LogP contribution in [-0.2, 0) is 10.0 Å². The van der Waals surface area contributed by atoms with Crippen molar-refractivity contribution in [2.75, 3.05) is 19.7 Å². The Morgan fingerprint density at radius 2 is 2.20 bits per heavy atom. The van der Waals surface area contributed by atoms with Crippen molar-refractivity contribution >= 4 is 21.6 Å². The van der Waals surface area contributed by atoms with Crippen molar-refractivity contribution in [1.29, 1.82) is 5.26 Å². The second kappa shape index (κ2) is 5.70. The van der Waals surface area contributed by atoms with Crippen LogP contribution in [0.1, 0.15) is 12.5 Å². The van der Waals surface area contributed by atoms with Gasteiger partial charge in [0.2, 0.25) is 10.0 Å². The highest BCUT2D eigenvalue weighted by Gasteiger charge is 2.37. The van der Waals surface area contributed by atoms with E-state index in [-0.39, 0.29) is 35.4 Å². The molecule has 1 fully saturated rings. The van der Waals surface area contributed by atoms with Gasteiger partial charge in [-0.1, -0.05) is 18.5 Å². The predicted molar refractivity (Wildman–Crippen MR) is 74.7 cm³/mol. The van der Waals surface area contributed by atoms with E-state index in [4.69, 9.17) is 16.9 Å². The van der Waals surface area contributed by atoms with Gasteiger partial charge in [-0.25, -0.2) is 8.42 Å². The van der Waals surface area contributed by atoms with Crippen LogP contribution < -0.4 is 0 Å². The summed E-state index contributed by atoms with van der Waals surface area (Å²) >= 11 is 5.78. The molecule has 2 atom stereocenters. The van der Waals surface area contributed by atoms with Gasteiger partial charge in [-0.15, -0.1) is 0 Å². The van der Waals surface area contributed by atoms with E-state index >= 15 is 0 Å². The van der Waals surface area contributed by atoms with Gasteiger partial charge in [0, 0.05) is 24.7 Å². The molecular weight excluding hydrogens is 300 g/mol. The van der Waals surface area contributed by atoms with Gasteiger partial charge in [-0.05, 0) is 30.0 Å². The van der Waals surface area contributed by atoms with Gasteiger partial charge in [0.1, 0.15) is 11.0 Å². The van der Waals surface area contributed by atoms with Gasteiger partial charge in [0.25, 0.3) is 0 Å². The SMILES string of the molecule is C[C@@H]1CN(S(=O)(=O)c2ccc(Cl)cc2C#N)C[C@H]1CO. The van der Waals surface area contributed by atoms with Gasteiger partial charge in [0.15, 0.2) is 0 Å². The highest BCUT2D eigenvalue weighted by molar-refractivity contribution is 7.89. The molecule has 5 nitrogen and oxygen atoms in total. The normalized spacial score (nSPS) is 23.7. The molecule has 1 aliphatic rings. The highest BCUT2D eigenvalue weighted by atomic mass is 35.5. The molecule has 20 heavy (non-hydrogen) atoms. The van der Waals surface area contributed by atoms with Gasteiger partial charge in [0.05, 0.1) is 5.56 Å². The summed E-state index contributed by atoms with van der Waals surface area (Å²) in [6, 6.07) is 6.02. The third-order valence-corrected chi connectivity index (χ3v) is 5.77. The maximum atomic E-state index is 12.6.